The third-order valence-corrected chi connectivity index (χ3v) is 3.29. The first kappa shape index (κ1) is 11.6. The Morgan fingerprint density at radius 3 is 2.75 bits per heavy atom. The van der Waals surface area contributed by atoms with Gasteiger partial charge in [-0.05, 0) is 13.3 Å². The Morgan fingerprint density at radius 2 is 2.33 bits per heavy atom. The van der Waals surface area contributed by atoms with E-state index in [1.54, 1.807) is 13.6 Å². The highest BCUT2D eigenvalue weighted by Crippen LogP contribution is 2.42. The average molecular weight is 190 g/mol. The van der Waals surface area contributed by atoms with E-state index in [4.69, 9.17) is 15.5 Å². The maximum absolute atomic E-state index is 11.4. The smallest absolute Gasteiger partial charge is 0.200 e. The number of hydrogen-bond donors (Lipinski definition) is 1. The van der Waals surface area contributed by atoms with Crippen LogP contribution < -0.4 is 5.73 Å². The first-order valence-corrected chi connectivity index (χ1v) is 6.14. The zero-order valence-electron chi connectivity index (χ0n) is 7.49. The van der Waals surface area contributed by atoms with Gasteiger partial charge in [0.15, 0.2) is 7.37 Å². The monoisotopic (exact) mass is 190 g/mol. The molecule has 0 rings (SSSR count). The van der Waals surface area contributed by atoms with Gasteiger partial charge in [0, 0.05) is 12.8 Å². The summed E-state index contributed by atoms with van der Waals surface area (Å²) in [4.78, 5) is 0. The van der Waals surface area contributed by atoms with Crippen LogP contribution in [-0.4, -0.2) is 25.5 Å². The highest BCUT2D eigenvalue weighted by atomic mass is 31.2. The van der Waals surface area contributed by atoms with Crippen molar-refractivity contribution in [2.45, 2.75) is 19.4 Å². The van der Waals surface area contributed by atoms with Crippen molar-refractivity contribution in [1.29, 1.82) is 5.26 Å². The van der Waals surface area contributed by atoms with Gasteiger partial charge < -0.3 is 10.3 Å². The number of nitrogens with two attached hydrogens (primary N) is 1. The third-order valence-electron chi connectivity index (χ3n) is 1.41. The average Bonchev–Trinajstić information content (AvgIpc) is 2.00. The molecule has 0 aromatic rings. The van der Waals surface area contributed by atoms with Gasteiger partial charge in [0.05, 0.1) is 18.7 Å². The van der Waals surface area contributed by atoms with Crippen LogP contribution in [0.1, 0.15) is 13.3 Å². The molecule has 0 aromatic carbocycles. The fourth-order valence-corrected chi connectivity index (χ4v) is 2.20. The van der Waals surface area contributed by atoms with E-state index in [0.717, 1.165) is 0 Å². The first-order valence-electron chi connectivity index (χ1n) is 3.88. The normalized spacial score (nSPS) is 17.8. The van der Waals surface area contributed by atoms with Crippen LogP contribution in [0, 0.1) is 11.3 Å². The standard InChI is InChI=1S/C7H15N2O2P/c1-3-11-12(2,10)5-4-7(9)6-8/h7H,3-5,9H2,1-2H3. The summed E-state index contributed by atoms with van der Waals surface area (Å²) in [5, 5.41) is 8.36. The van der Waals surface area contributed by atoms with Crippen LogP contribution in [0.3, 0.4) is 0 Å². The van der Waals surface area contributed by atoms with E-state index in [0.29, 0.717) is 19.2 Å². The molecule has 0 saturated carbocycles. The van der Waals surface area contributed by atoms with E-state index in [2.05, 4.69) is 0 Å². The van der Waals surface area contributed by atoms with Gasteiger partial charge in [-0.3, -0.25) is 4.57 Å². The highest BCUT2D eigenvalue weighted by molar-refractivity contribution is 7.58. The summed E-state index contributed by atoms with van der Waals surface area (Å²) in [6.45, 7) is 3.80. The molecule has 12 heavy (non-hydrogen) atoms. The number of hydrogen-bond acceptors (Lipinski definition) is 4. The number of nitrogens with zero attached hydrogens (tertiary/aromatic N) is 1. The van der Waals surface area contributed by atoms with Crippen molar-refractivity contribution in [1.82, 2.24) is 0 Å². The quantitative estimate of drug-likeness (QED) is 0.660. The second kappa shape index (κ2) is 5.31. The van der Waals surface area contributed by atoms with Gasteiger partial charge in [-0.2, -0.15) is 5.26 Å². The van der Waals surface area contributed by atoms with Crippen molar-refractivity contribution in [3.05, 3.63) is 0 Å². The minimum absolute atomic E-state index is 0.384. The summed E-state index contributed by atoms with van der Waals surface area (Å²) < 4.78 is 16.5. The van der Waals surface area contributed by atoms with Gasteiger partial charge in [0.25, 0.3) is 0 Å². The molecule has 4 nitrogen and oxygen atoms in total. The molecule has 5 heteroatoms. The van der Waals surface area contributed by atoms with E-state index in [9.17, 15) is 4.57 Å². The number of rotatable bonds is 5. The van der Waals surface area contributed by atoms with Crippen LogP contribution >= 0.6 is 7.37 Å². The molecule has 0 bridgehead atoms. The lowest BCUT2D eigenvalue weighted by molar-refractivity contribution is 0.336. The summed E-state index contributed by atoms with van der Waals surface area (Å²) in [6.07, 6.45) is 0.819. The van der Waals surface area contributed by atoms with Crippen molar-refractivity contribution >= 4 is 7.37 Å². The Bertz CT molecular complexity index is 212. The van der Waals surface area contributed by atoms with Gasteiger partial charge in [-0.15, -0.1) is 0 Å². The van der Waals surface area contributed by atoms with Crippen LogP contribution in [0.5, 0.6) is 0 Å². The fraction of sp³-hybridized carbons (Fsp3) is 0.857. The molecule has 0 aliphatic heterocycles. The topological polar surface area (TPSA) is 76.1 Å². The molecule has 0 spiro atoms. The molecular weight excluding hydrogens is 175 g/mol. The van der Waals surface area contributed by atoms with Crippen LogP contribution in [-0.2, 0) is 9.09 Å². The molecule has 0 saturated heterocycles. The Morgan fingerprint density at radius 1 is 1.75 bits per heavy atom. The van der Waals surface area contributed by atoms with E-state index >= 15 is 0 Å². The van der Waals surface area contributed by atoms with Crippen molar-refractivity contribution in [2.24, 2.45) is 5.73 Å². The number of nitriles is 1. The van der Waals surface area contributed by atoms with Crippen molar-refractivity contribution in [3.63, 3.8) is 0 Å². The van der Waals surface area contributed by atoms with Crippen LogP contribution in [0.2, 0.25) is 0 Å². The maximum Gasteiger partial charge on any atom is 0.200 e. The maximum atomic E-state index is 11.4. The molecule has 0 amide bonds. The van der Waals surface area contributed by atoms with Crippen LogP contribution in [0.25, 0.3) is 0 Å². The Kier molecular flexibility index (Phi) is 5.16. The summed E-state index contributed by atoms with van der Waals surface area (Å²) in [6, 6.07) is 1.35. The van der Waals surface area contributed by atoms with Gasteiger partial charge in [0.1, 0.15) is 0 Å². The molecular formula is C7H15N2O2P. The van der Waals surface area contributed by atoms with E-state index in [-0.39, 0.29) is 0 Å². The molecule has 0 aliphatic rings. The lowest BCUT2D eigenvalue weighted by Gasteiger charge is -2.12. The zero-order chi connectivity index (χ0) is 9.61. The SMILES string of the molecule is CCOP(C)(=O)CCC(N)C#N. The lowest BCUT2D eigenvalue weighted by atomic mass is 10.3. The lowest BCUT2D eigenvalue weighted by Crippen LogP contribution is -2.18. The largest absolute Gasteiger partial charge is 0.329 e. The van der Waals surface area contributed by atoms with Gasteiger partial charge in [-0.1, -0.05) is 0 Å². The van der Waals surface area contributed by atoms with Gasteiger partial charge in [0.2, 0.25) is 0 Å². The molecule has 0 aromatic heterocycles. The van der Waals surface area contributed by atoms with Gasteiger partial charge >= 0.3 is 0 Å². The van der Waals surface area contributed by atoms with Crippen LogP contribution in [0.15, 0.2) is 0 Å². The molecule has 0 fully saturated rings. The first-order chi connectivity index (χ1) is 5.52. The van der Waals surface area contributed by atoms with Crippen molar-refractivity contribution < 1.29 is 9.09 Å². The third kappa shape index (κ3) is 5.31. The summed E-state index contributed by atoms with van der Waals surface area (Å²) in [5.41, 5.74) is 5.34. The molecule has 2 atom stereocenters. The summed E-state index contributed by atoms with van der Waals surface area (Å²) in [7, 11) is -2.49. The Balaban J connectivity index is 3.77. The zero-order valence-corrected chi connectivity index (χ0v) is 8.38. The van der Waals surface area contributed by atoms with Crippen molar-refractivity contribution in [2.75, 3.05) is 19.4 Å². The molecule has 0 radical (unpaired) electrons. The van der Waals surface area contributed by atoms with Crippen molar-refractivity contribution in [3.8, 4) is 6.07 Å². The summed E-state index contributed by atoms with van der Waals surface area (Å²) in [5.74, 6) is 0. The molecule has 2 unspecified atom stereocenters. The minimum Gasteiger partial charge on any atom is -0.329 e. The predicted octanol–water partition coefficient (Wildman–Crippen LogP) is 1.17. The van der Waals surface area contributed by atoms with E-state index < -0.39 is 13.4 Å². The Labute approximate surface area is 73.2 Å². The van der Waals surface area contributed by atoms with E-state index in [1.165, 1.54) is 0 Å². The Hall–Kier alpha value is -0.360. The second-order valence-electron chi connectivity index (χ2n) is 2.68. The molecule has 70 valence electrons. The van der Waals surface area contributed by atoms with Crippen LogP contribution in [0.4, 0.5) is 0 Å². The predicted molar refractivity (Wildman–Crippen MR) is 48.2 cm³/mol. The van der Waals surface area contributed by atoms with Gasteiger partial charge in [-0.25, -0.2) is 0 Å². The molecule has 0 heterocycles. The molecule has 0 aliphatic carbocycles. The fourth-order valence-electron chi connectivity index (χ4n) is 0.776. The highest BCUT2D eigenvalue weighted by Gasteiger charge is 2.16. The summed E-state index contributed by atoms with van der Waals surface area (Å²) >= 11 is 0. The minimum atomic E-state index is -2.49. The van der Waals surface area contributed by atoms with E-state index in [1.807, 2.05) is 6.07 Å². The second-order valence-corrected chi connectivity index (χ2v) is 5.41. The molecule has 2 N–H and O–H groups in total.